The Bertz CT molecular complexity index is 1130. The van der Waals surface area contributed by atoms with Crippen LogP contribution >= 0.6 is 0 Å². The summed E-state index contributed by atoms with van der Waals surface area (Å²) in [6.07, 6.45) is 7.52. The van der Waals surface area contributed by atoms with E-state index in [9.17, 15) is 9.59 Å². The Hall–Kier alpha value is -2.70. The molecule has 1 aliphatic carbocycles. The number of likely N-dealkylation sites (tertiary alicyclic amines) is 2. The molecule has 0 bridgehead atoms. The number of anilines is 1. The van der Waals surface area contributed by atoms with Gasteiger partial charge in [-0.05, 0) is 79.8 Å². The molecular formula is C30H38N4O2. The molecule has 6 rings (SSSR count). The number of nitrogens with zero attached hydrogens (tertiary/aromatic N) is 3. The number of aryl methyl sites for hydroxylation is 1. The third-order valence-electron chi connectivity index (χ3n) is 9.30. The molecule has 0 unspecified atom stereocenters. The molecule has 6 heteroatoms. The maximum absolute atomic E-state index is 13.6. The van der Waals surface area contributed by atoms with E-state index in [1.165, 1.54) is 31.2 Å². The predicted molar refractivity (Wildman–Crippen MR) is 142 cm³/mol. The van der Waals surface area contributed by atoms with Crippen LogP contribution in [0.4, 0.5) is 5.69 Å². The van der Waals surface area contributed by atoms with Crippen molar-refractivity contribution in [3.8, 4) is 0 Å². The van der Waals surface area contributed by atoms with E-state index in [1.807, 2.05) is 28.0 Å². The molecule has 2 saturated heterocycles. The quantitative estimate of drug-likeness (QED) is 0.720. The number of carbonyl (C=O) groups excluding carboxylic acids is 2. The summed E-state index contributed by atoms with van der Waals surface area (Å²) in [5.41, 5.74) is 11.5. The van der Waals surface area contributed by atoms with Gasteiger partial charge in [-0.2, -0.15) is 0 Å². The smallest absolute Gasteiger partial charge is 0.246 e. The minimum Gasteiger partial charge on any atom is -0.341 e. The van der Waals surface area contributed by atoms with Crippen LogP contribution < -0.4 is 10.6 Å². The van der Waals surface area contributed by atoms with Crippen LogP contribution in [0.5, 0.6) is 0 Å². The zero-order chi connectivity index (χ0) is 24.7. The van der Waals surface area contributed by atoms with Gasteiger partial charge in [-0.3, -0.25) is 14.5 Å². The van der Waals surface area contributed by atoms with E-state index in [2.05, 4.69) is 35.2 Å². The van der Waals surface area contributed by atoms with Crippen molar-refractivity contribution in [2.75, 3.05) is 37.6 Å². The number of piperidine rings is 2. The van der Waals surface area contributed by atoms with E-state index in [0.717, 1.165) is 43.7 Å². The molecule has 0 radical (unpaired) electrons. The Labute approximate surface area is 214 Å². The molecule has 0 saturated carbocycles. The highest BCUT2D eigenvalue weighted by Crippen LogP contribution is 2.46. The van der Waals surface area contributed by atoms with Crippen LogP contribution in [-0.2, 0) is 27.8 Å². The lowest BCUT2D eigenvalue weighted by atomic mass is 9.74. The van der Waals surface area contributed by atoms with Crippen LogP contribution in [0.15, 0.2) is 48.5 Å². The van der Waals surface area contributed by atoms with Gasteiger partial charge in [0, 0.05) is 44.2 Å². The molecule has 190 valence electrons. The average Bonchev–Trinajstić information content (AvgIpc) is 3.48. The fourth-order valence-corrected chi connectivity index (χ4v) is 7.08. The van der Waals surface area contributed by atoms with E-state index < -0.39 is 6.04 Å². The summed E-state index contributed by atoms with van der Waals surface area (Å²) in [4.78, 5) is 33.3. The summed E-state index contributed by atoms with van der Waals surface area (Å²) in [6.45, 7) is 4.21. The van der Waals surface area contributed by atoms with E-state index in [4.69, 9.17) is 5.73 Å². The third kappa shape index (κ3) is 4.24. The average molecular weight is 487 g/mol. The first-order valence-corrected chi connectivity index (χ1v) is 13.8. The molecular weight excluding hydrogens is 448 g/mol. The lowest BCUT2D eigenvalue weighted by molar-refractivity contribution is -0.135. The number of amides is 2. The number of hydrogen-bond donors (Lipinski definition) is 1. The van der Waals surface area contributed by atoms with Gasteiger partial charge in [-0.25, -0.2) is 0 Å². The molecule has 0 aromatic heterocycles. The molecule has 2 fully saturated rings. The van der Waals surface area contributed by atoms with Gasteiger partial charge in [0.05, 0.1) is 0 Å². The van der Waals surface area contributed by atoms with Crippen molar-refractivity contribution in [1.29, 1.82) is 0 Å². The summed E-state index contributed by atoms with van der Waals surface area (Å²) >= 11 is 0. The minimum absolute atomic E-state index is 0.0681. The van der Waals surface area contributed by atoms with Crippen molar-refractivity contribution in [2.45, 2.75) is 68.9 Å². The summed E-state index contributed by atoms with van der Waals surface area (Å²) in [5, 5.41) is 0. The van der Waals surface area contributed by atoms with Crippen molar-refractivity contribution >= 4 is 17.5 Å². The van der Waals surface area contributed by atoms with Gasteiger partial charge in [-0.1, -0.05) is 42.5 Å². The van der Waals surface area contributed by atoms with Crippen molar-refractivity contribution in [3.63, 3.8) is 0 Å². The summed E-state index contributed by atoms with van der Waals surface area (Å²) < 4.78 is 0. The number of nitrogens with two attached hydrogens (primary N) is 1. The third-order valence-corrected chi connectivity index (χ3v) is 9.30. The number of carbonyl (C=O) groups is 2. The first kappa shape index (κ1) is 23.7. The largest absolute Gasteiger partial charge is 0.341 e. The molecule has 2 amide bonds. The van der Waals surface area contributed by atoms with Crippen LogP contribution in [0.2, 0.25) is 0 Å². The Balaban J connectivity index is 1.10. The Morgan fingerprint density at radius 3 is 2.36 bits per heavy atom. The fourth-order valence-electron chi connectivity index (χ4n) is 7.08. The maximum Gasteiger partial charge on any atom is 0.246 e. The normalized spacial score (nSPS) is 23.6. The van der Waals surface area contributed by atoms with Gasteiger partial charge in [0.1, 0.15) is 6.04 Å². The van der Waals surface area contributed by atoms with Crippen molar-refractivity contribution in [2.24, 2.45) is 5.73 Å². The standard InChI is InChI=1S/C30H38N4O2/c31-24-10-17-33(18-11-24)29(36)27-21-23-6-2-4-8-26(23)34(27)28(35)12-16-32-19-14-30(15-20-32)13-9-22-5-1-3-7-25(22)30/h1-8,24,27H,9-21,31H2/t27-/m0/s1. The Morgan fingerprint density at radius 1 is 0.889 bits per heavy atom. The Kier molecular flexibility index (Phi) is 6.34. The topological polar surface area (TPSA) is 69.9 Å². The second-order valence-corrected chi connectivity index (χ2v) is 11.3. The van der Waals surface area contributed by atoms with E-state index >= 15 is 0 Å². The van der Waals surface area contributed by atoms with Crippen molar-refractivity contribution < 1.29 is 9.59 Å². The molecule has 4 aliphatic rings. The van der Waals surface area contributed by atoms with Gasteiger partial charge in [0.15, 0.2) is 0 Å². The summed E-state index contributed by atoms with van der Waals surface area (Å²) in [7, 11) is 0. The Morgan fingerprint density at radius 2 is 1.58 bits per heavy atom. The van der Waals surface area contributed by atoms with E-state index in [0.29, 0.717) is 31.3 Å². The molecule has 3 heterocycles. The molecule has 2 N–H and O–H groups in total. The number of hydrogen-bond acceptors (Lipinski definition) is 4. The fraction of sp³-hybridized carbons (Fsp3) is 0.533. The molecule has 1 spiro atoms. The maximum atomic E-state index is 13.6. The molecule has 6 nitrogen and oxygen atoms in total. The highest BCUT2D eigenvalue weighted by molar-refractivity contribution is 6.03. The molecule has 1 atom stereocenters. The van der Waals surface area contributed by atoms with Gasteiger partial charge in [-0.15, -0.1) is 0 Å². The second-order valence-electron chi connectivity index (χ2n) is 11.3. The molecule has 36 heavy (non-hydrogen) atoms. The SMILES string of the molecule is NC1CCN(C(=O)[C@@H]2Cc3ccccc3N2C(=O)CCN2CCC3(CCc4ccccc43)CC2)CC1. The zero-order valence-corrected chi connectivity index (χ0v) is 21.2. The van der Waals surface area contributed by atoms with Crippen LogP contribution in [0.25, 0.3) is 0 Å². The van der Waals surface area contributed by atoms with Gasteiger partial charge >= 0.3 is 0 Å². The van der Waals surface area contributed by atoms with E-state index in [1.54, 1.807) is 5.56 Å². The summed E-state index contributed by atoms with van der Waals surface area (Å²) in [5.74, 6) is 0.143. The first-order chi connectivity index (χ1) is 17.5. The van der Waals surface area contributed by atoms with Crippen LogP contribution in [-0.4, -0.2) is 66.4 Å². The van der Waals surface area contributed by atoms with Crippen molar-refractivity contribution in [3.05, 3.63) is 65.2 Å². The lowest BCUT2D eigenvalue weighted by Crippen LogP contribution is -2.53. The van der Waals surface area contributed by atoms with Gasteiger partial charge in [0.2, 0.25) is 11.8 Å². The predicted octanol–water partition coefficient (Wildman–Crippen LogP) is 3.26. The highest BCUT2D eigenvalue weighted by atomic mass is 16.2. The first-order valence-electron chi connectivity index (χ1n) is 13.8. The van der Waals surface area contributed by atoms with Crippen LogP contribution in [0.1, 0.15) is 55.2 Å². The lowest BCUT2D eigenvalue weighted by Gasteiger charge is -2.40. The molecule has 2 aromatic rings. The highest BCUT2D eigenvalue weighted by Gasteiger charge is 2.42. The van der Waals surface area contributed by atoms with Crippen LogP contribution in [0.3, 0.4) is 0 Å². The van der Waals surface area contributed by atoms with Gasteiger partial charge in [0.25, 0.3) is 0 Å². The number of para-hydroxylation sites is 1. The monoisotopic (exact) mass is 486 g/mol. The number of benzene rings is 2. The minimum atomic E-state index is -0.427. The number of fused-ring (bicyclic) bond motifs is 3. The van der Waals surface area contributed by atoms with Crippen molar-refractivity contribution in [1.82, 2.24) is 9.80 Å². The van der Waals surface area contributed by atoms with Gasteiger partial charge < -0.3 is 15.5 Å². The molecule has 2 aromatic carbocycles. The second kappa shape index (κ2) is 9.64. The summed E-state index contributed by atoms with van der Waals surface area (Å²) in [6, 6.07) is 16.7. The molecule has 3 aliphatic heterocycles. The zero-order valence-electron chi connectivity index (χ0n) is 21.2. The number of rotatable bonds is 4. The van der Waals surface area contributed by atoms with E-state index in [-0.39, 0.29) is 17.9 Å². The van der Waals surface area contributed by atoms with Crippen LogP contribution in [0, 0.1) is 0 Å².